The van der Waals surface area contributed by atoms with E-state index in [0.29, 0.717) is 6.54 Å². The van der Waals surface area contributed by atoms with Crippen molar-refractivity contribution < 1.29 is 4.79 Å². The van der Waals surface area contributed by atoms with Crippen LogP contribution in [0.5, 0.6) is 0 Å². The molecule has 0 aromatic rings. The van der Waals surface area contributed by atoms with Gasteiger partial charge in [0.1, 0.15) is 0 Å². The lowest BCUT2D eigenvalue weighted by Gasteiger charge is -2.17. The molecule has 1 amide bonds. The van der Waals surface area contributed by atoms with Gasteiger partial charge in [-0.05, 0) is 5.92 Å². The SMILES string of the molecule is C=CCSCCNC(=O)[C@@H](N)[C@@H](C)CC. The third-order valence-corrected chi connectivity index (χ3v) is 3.31. The molecule has 0 spiro atoms. The molecule has 0 saturated heterocycles. The smallest absolute Gasteiger partial charge is 0.237 e. The lowest BCUT2D eigenvalue weighted by atomic mass is 9.99. The van der Waals surface area contributed by atoms with Crippen molar-refractivity contribution in [3.8, 4) is 0 Å². The summed E-state index contributed by atoms with van der Waals surface area (Å²) in [5.74, 6) is 2.03. The van der Waals surface area contributed by atoms with Crippen LogP contribution >= 0.6 is 11.8 Å². The number of nitrogens with two attached hydrogens (primary N) is 1. The first-order valence-electron chi connectivity index (χ1n) is 5.35. The zero-order chi connectivity index (χ0) is 11.7. The van der Waals surface area contributed by atoms with Gasteiger partial charge < -0.3 is 11.1 Å². The standard InChI is InChI=1S/C11H22N2OS/c1-4-7-15-8-6-13-11(14)10(12)9(3)5-2/h4,9-10H,1,5-8,12H2,2-3H3,(H,13,14)/t9-,10-/m0/s1. The molecule has 0 aromatic carbocycles. The molecule has 0 saturated carbocycles. The van der Waals surface area contributed by atoms with E-state index in [0.717, 1.165) is 17.9 Å². The van der Waals surface area contributed by atoms with Gasteiger partial charge >= 0.3 is 0 Å². The van der Waals surface area contributed by atoms with Gasteiger partial charge in [-0.2, -0.15) is 11.8 Å². The second kappa shape index (κ2) is 8.80. The summed E-state index contributed by atoms with van der Waals surface area (Å²) >= 11 is 1.75. The van der Waals surface area contributed by atoms with E-state index < -0.39 is 0 Å². The minimum atomic E-state index is -0.376. The van der Waals surface area contributed by atoms with Crippen LogP contribution in [0.4, 0.5) is 0 Å². The molecule has 15 heavy (non-hydrogen) atoms. The first kappa shape index (κ1) is 14.5. The molecule has 3 N–H and O–H groups in total. The van der Waals surface area contributed by atoms with Crippen molar-refractivity contribution in [3.63, 3.8) is 0 Å². The van der Waals surface area contributed by atoms with Crippen molar-refractivity contribution >= 4 is 17.7 Å². The third-order valence-electron chi connectivity index (χ3n) is 2.34. The van der Waals surface area contributed by atoms with Crippen molar-refractivity contribution in [3.05, 3.63) is 12.7 Å². The summed E-state index contributed by atoms with van der Waals surface area (Å²) in [6.07, 6.45) is 2.79. The third kappa shape index (κ3) is 6.57. The quantitative estimate of drug-likeness (QED) is 0.489. The number of amides is 1. The highest BCUT2D eigenvalue weighted by molar-refractivity contribution is 7.99. The number of hydrogen-bond acceptors (Lipinski definition) is 3. The average molecular weight is 230 g/mol. The molecule has 0 unspecified atom stereocenters. The predicted molar refractivity (Wildman–Crippen MR) is 68.0 cm³/mol. The van der Waals surface area contributed by atoms with Crippen LogP contribution in [0.1, 0.15) is 20.3 Å². The molecule has 0 bridgehead atoms. The minimum Gasteiger partial charge on any atom is -0.354 e. The average Bonchev–Trinajstić information content (AvgIpc) is 2.26. The highest BCUT2D eigenvalue weighted by atomic mass is 32.2. The molecule has 4 heteroatoms. The van der Waals surface area contributed by atoms with E-state index in [1.54, 1.807) is 11.8 Å². The maximum atomic E-state index is 11.5. The summed E-state index contributed by atoms with van der Waals surface area (Å²) in [7, 11) is 0. The molecule has 0 aliphatic heterocycles. The van der Waals surface area contributed by atoms with Crippen LogP contribution in [-0.4, -0.2) is 30.0 Å². The Morgan fingerprint density at radius 3 is 2.87 bits per heavy atom. The largest absolute Gasteiger partial charge is 0.354 e. The van der Waals surface area contributed by atoms with Crippen LogP contribution < -0.4 is 11.1 Å². The van der Waals surface area contributed by atoms with E-state index in [2.05, 4.69) is 11.9 Å². The van der Waals surface area contributed by atoms with E-state index >= 15 is 0 Å². The molecule has 2 atom stereocenters. The van der Waals surface area contributed by atoms with Crippen molar-refractivity contribution in [1.82, 2.24) is 5.32 Å². The molecule has 0 aliphatic rings. The second-order valence-corrected chi connectivity index (χ2v) is 4.72. The first-order valence-corrected chi connectivity index (χ1v) is 6.50. The zero-order valence-electron chi connectivity index (χ0n) is 9.66. The fourth-order valence-electron chi connectivity index (χ4n) is 1.04. The van der Waals surface area contributed by atoms with E-state index in [-0.39, 0.29) is 17.9 Å². The minimum absolute atomic E-state index is 0.0384. The predicted octanol–water partition coefficient (Wildman–Crippen LogP) is 1.40. The molecule has 88 valence electrons. The second-order valence-electron chi connectivity index (χ2n) is 3.57. The summed E-state index contributed by atoms with van der Waals surface area (Å²) in [5.41, 5.74) is 5.78. The fourth-order valence-corrected chi connectivity index (χ4v) is 1.62. The molecule has 0 heterocycles. The topological polar surface area (TPSA) is 55.1 Å². The molecule has 0 fully saturated rings. The number of hydrogen-bond donors (Lipinski definition) is 2. The fraction of sp³-hybridized carbons (Fsp3) is 0.727. The van der Waals surface area contributed by atoms with Gasteiger partial charge in [-0.15, -0.1) is 6.58 Å². The van der Waals surface area contributed by atoms with Crippen LogP contribution in [0.15, 0.2) is 12.7 Å². The zero-order valence-corrected chi connectivity index (χ0v) is 10.5. The van der Waals surface area contributed by atoms with Crippen molar-refractivity contribution in [2.75, 3.05) is 18.1 Å². The Morgan fingerprint density at radius 1 is 1.67 bits per heavy atom. The number of carbonyl (C=O) groups is 1. The van der Waals surface area contributed by atoms with Crippen molar-refractivity contribution in [1.29, 1.82) is 0 Å². The number of thioether (sulfide) groups is 1. The summed E-state index contributed by atoms with van der Waals surface area (Å²) in [6, 6.07) is -0.376. The molecule has 0 aromatic heterocycles. The maximum Gasteiger partial charge on any atom is 0.237 e. The van der Waals surface area contributed by atoms with Gasteiger partial charge in [-0.3, -0.25) is 4.79 Å². The molecular formula is C11H22N2OS. The Bertz CT molecular complexity index is 197. The van der Waals surface area contributed by atoms with Crippen LogP contribution in [-0.2, 0) is 4.79 Å². The van der Waals surface area contributed by atoms with Crippen LogP contribution in [0.25, 0.3) is 0 Å². The summed E-state index contributed by atoms with van der Waals surface area (Å²) in [5, 5.41) is 2.84. The number of nitrogens with one attached hydrogen (secondary N) is 1. The van der Waals surface area contributed by atoms with E-state index in [9.17, 15) is 4.79 Å². The highest BCUT2D eigenvalue weighted by Crippen LogP contribution is 2.05. The monoisotopic (exact) mass is 230 g/mol. The summed E-state index contributed by atoms with van der Waals surface area (Å²) in [6.45, 7) is 8.35. The first-order chi connectivity index (χ1) is 7.13. The Hall–Kier alpha value is -0.480. The van der Waals surface area contributed by atoms with Gasteiger partial charge in [0.05, 0.1) is 6.04 Å². The molecule has 3 nitrogen and oxygen atoms in total. The van der Waals surface area contributed by atoms with Gasteiger partial charge in [0, 0.05) is 18.1 Å². The van der Waals surface area contributed by atoms with Crippen LogP contribution in [0.3, 0.4) is 0 Å². The molecule has 0 aliphatic carbocycles. The van der Waals surface area contributed by atoms with Crippen LogP contribution in [0.2, 0.25) is 0 Å². The van der Waals surface area contributed by atoms with Gasteiger partial charge in [-0.1, -0.05) is 26.3 Å². The lowest BCUT2D eigenvalue weighted by Crippen LogP contribution is -2.45. The van der Waals surface area contributed by atoms with Crippen LogP contribution in [0, 0.1) is 5.92 Å². The van der Waals surface area contributed by atoms with E-state index in [1.807, 2.05) is 19.9 Å². The van der Waals surface area contributed by atoms with Crippen molar-refractivity contribution in [2.24, 2.45) is 11.7 Å². The lowest BCUT2D eigenvalue weighted by molar-refractivity contribution is -0.123. The Balaban J connectivity index is 3.60. The molecular weight excluding hydrogens is 208 g/mol. The van der Waals surface area contributed by atoms with Gasteiger partial charge in [0.15, 0.2) is 0 Å². The molecule has 0 radical (unpaired) electrons. The van der Waals surface area contributed by atoms with Gasteiger partial charge in [-0.25, -0.2) is 0 Å². The summed E-state index contributed by atoms with van der Waals surface area (Å²) in [4.78, 5) is 11.5. The van der Waals surface area contributed by atoms with Gasteiger partial charge in [0.2, 0.25) is 5.91 Å². The number of carbonyl (C=O) groups excluding carboxylic acids is 1. The molecule has 0 rings (SSSR count). The maximum absolute atomic E-state index is 11.5. The highest BCUT2D eigenvalue weighted by Gasteiger charge is 2.18. The Morgan fingerprint density at radius 2 is 2.33 bits per heavy atom. The van der Waals surface area contributed by atoms with Gasteiger partial charge in [0.25, 0.3) is 0 Å². The van der Waals surface area contributed by atoms with E-state index in [1.165, 1.54) is 0 Å². The Labute approximate surface area is 96.9 Å². The summed E-state index contributed by atoms with van der Waals surface area (Å²) < 4.78 is 0. The normalized spacial score (nSPS) is 14.3. The number of rotatable bonds is 8. The van der Waals surface area contributed by atoms with E-state index in [4.69, 9.17) is 5.73 Å². The Kier molecular flexibility index (Phi) is 8.52. The van der Waals surface area contributed by atoms with Crippen molar-refractivity contribution in [2.45, 2.75) is 26.3 Å².